The summed E-state index contributed by atoms with van der Waals surface area (Å²) in [4.78, 5) is 61.5. The Morgan fingerprint density at radius 3 is 1.86 bits per heavy atom. The lowest BCUT2D eigenvalue weighted by Gasteiger charge is -2.26. The van der Waals surface area contributed by atoms with Gasteiger partial charge in [-0.05, 0) is 43.4 Å². The first-order chi connectivity index (χ1) is 17.2. The Hall–Kier alpha value is -3.71. The number of hydrogen-bond donors (Lipinski definition) is 8. The Kier molecular flexibility index (Phi) is 12.5. The Balaban J connectivity index is 3.06. The molecular weight excluding hydrogens is 486 g/mol. The second-order valence-electron chi connectivity index (χ2n) is 9.29. The second kappa shape index (κ2) is 14.8. The molecule has 1 aromatic carbocycles. The van der Waals surface area contributed by atoms with Crippen LogP contribution in [0.1, 0.15) is 45.6 Å². The lowest BCUT2D eigenvalue weighted by molar-refractivity contribution is -0.142. The largest absolute Gasteiger partial charge is 0.508 e. The Labute approximate surface area is 215 Å². The minimum absolute atomic E-state index is 0.00802. The summed E-state index contributed by atoms with van der Waals surface area (Å²) in [7, 11) is 0. The number of benzene rings is 1. The number of carbonyl (C=O) groups is 5. The molecule has 0 heterocycles. The maximum atomic E-state index is 13.0. The zero-order valence-corrected chi connectivity index (χ0v) is 21.1. The monoisotopic (exact) mass is 523 g/mol. The van der Waals surface area contributed by atoms with Crippen LogP contribution < -0.4 is 27.4 Å². The topological polar surface area (TPSA) is 234 Å². The molecule has 0 saturated heterocycles. The van der Waals surface area contributed by atoms with Gasteiger partial charge >= 0.3 is 5.97 Å². The van der Waals surface area contributed by atoms with E-state index in [2.05, 4.69) is 16.0 Å². The molecule has 13 heteroatoms. The molecule has 206 valence electrons. The molecule has 0 spiro atoms. The maximum Gasteiger partial charge on any atom is 0.326 e. The van der Waals surface area contributed by atoms with Gasteiger partial charge in [0.25, 0.3) is 0 Å². The van der Waals surface area contributed by atoms with Gasteiger partial charge in [-0.3, -0.25) is 19.2 Å². The first kappa shape index (κ1) is 31.3. The van der Waals surface area contributed by atoms with Crippen molar-refractivity contribution in [1.82, 2.24) is 16.0 Å². The van der Waals surface area contributed by atoms with Crippen molar-refractivity contribution in [3.8, 4) is 5.75 Å². The predicted molar refractivity (Wildman–Crippen MR) is 133 cm³/mol. The number of amides is 4. The average Bonchev–Trinajstić information content (AvgIpc) is 2.80. The van der Waals surface area contributed by atoms with Gasteiger partial charge in [0.05, 0.1) is 6.10 Å². The average molecular weight is 524 g/mol. The lowest BCUT2D eigenvalue weighted by Crippen LogP contribution is -2.58. The number of hydrogen-bond acceptors (Lipinski definition) is 8. The van der Waals surface area contributed by atoms with E-state index in [0.29, 0.717) is 5.56 Å². The highest BCUT2D eigenvalue weighted by atomic mass is 16.4. The number of carbonyl (C=O) groups excluding carboxylic acids is 4. The fraction of sp³-hybridized carbons (Fsp3) is 0.542. The number of aliphatic carboxylic acids is 1. The Morgan fingerprint density at radius 1 is 0.865 bits per heavy atom. The molecule has 0 aliphatic rings. The number of nitrogens with two attached hydrogens (primary N) is 2. The second-order valence-corrected chi connectivity index (χ2v) is 9.29. The highest BCUT2D eigenvalue weighted by Crippen LogP contribution is 2.12. The van der Waals surface area contributed by atoms with Crippen LogP contribution in [-0.4, -0.2) is 75.2 Å². The van der Waals surface area contributed by atoms with Crippen LogP contribution in [0.4, 0.5) is 0 Å². The molecule has 0 aliphatic carbocycles. The number of rotatable bonds is 15. The fourth-order valence-electron chi connectivity index (χ4n) is 3.36. The van der Waals surface area contributed by atoms with Gasteiger partial charge in [-0.25, -0.2) is 4.79 Å². The zero-order chi connectivity index (χ0) is 28.3. The molecule has 1 aromatic rings. The summed E-state index contributed by atoms with van der Waals surface area (Å²) in [5.74, 6) is -4.52. The van der Waals surface area contributed by atoms with Crippen LogP contribution in [0, 0.1) is 5.92 Å². The van der Waals surface area contributed by atoms with Crippen molar-refractivity contribution in [2.24, 2.45) is 17.4 Å². The number of aliphatic hydroxyl groups excluding tert-OH is 1. The van der Waals surface area contributed by atoms with Crippen molar-refractivity contribution in [3.05, 3.63) is 29.8 Å². The number of nitrogens with one attached hydrogen (secondary N) is 3. The number of aliphatic hydroxyl groups is 1. The molecular formula is C24H37N5O8. The van der Waals surface area contributed by atoms with E-state index in [1.54, 1.807) is 13.8 Å². The third-order valence-electron chi connectivity index (χ3n) is 5.47. The quantitative estimate of drug-likeness (QED) is 0.133. The van der Waals surface area contributed by atoms with E-state index >= 15 is 0 Å². The summed E-state index contributed by atoms with van der Waals surface area (Å²) in [6.45, 7) is 4.93. The summed E-state index contributed by atoms with van der Waals surface area (Å²) in [6.07, 6.45) is -1.59. The first-order valence-corrected chi connectivity index (χ1v) is 11.8. The van der Waals surface area contributed by atoms with Gasteiger partial charge in [0.1, 0.15) is 29.9 Å². The number of carboxylic acid groups (broad SMARTS) is 1. The fourth-order valence-corrected chi connectivity index (χ4v) is 3.36. The van der Waals surface area contributed by atoms with E-state index < -0.39 is 59.9 Å². The van der Waals surface area contributed by atoms with Crippen LogP contribution in [0.25, 0.3) is 0 Å². The molecule has 0 radical (unpaired) electrons. The number of primary amides is 1. The van der Waals surface area contributed by atoms with E-state index in [0.717, 1.165) is 0 Å². The summed E-state index contributed by atoms with van der Waals surface area (Å²) in [5, 5.41) is 35.9. The maximum absolute atomic E-state index is 13.0. The van der Waals surface area contributed by atoms with Crippen LogP contribution in [0.3, 0.4) is 0 Å². The van der Waals surface area contributed by atoms with Gasteiger partial charge in [0, 0.05) is 12.8 Å². The number of phenols is 1. The number of carboxylic acids is 1. The van der Waals surface area contributed by atoms with Gasteiger partial charge < -0.3 is 42.7 Å². The standard InChI is InChI=1S/C24H37N5O8/c1-12(2)10-17(28-23(35)20(26)13(3)30)22(34)27-16(8-9-19(25)32)21(33)29-18(24(36)37)11-14-4-6-15(31)7-5-14/h4-7,12-13,16-18,20,30-31H,8-11,26H2,1-3H3,(H2,25,32)(H,27,34)(H,28,35)(H,29,33)(H,36,37). The van der Waals surface area contributed by atoms with Crippen molar-refractivity contribution < 1.29 is 39.3 Å². The molecule has 37 heavy (non-hydrogen) atoms. The van der Waals surface area contributed by atoms with E-state index in [-0.39, 0.29) is 37.4 Å². The summed E-state index contributed by atoms with van der Waals surface area (Å²) < 4.78 is 0. The van der Waals surface area contributed by atoms with Crippen molar-refractivity contribution in [3.63, 3.8) is 0 Å². The SMILES string of the molecule is CC(C)CC(NC(=O)C(N)C(C)O)C(=O)NC(CCC(N)=O)C(=O)NC(Cc1ccc(O)cc1)C(=O)O. The van der Waals surface area contributed by atoms with Crippen LogP contribution >= 0.6 is 0 Å². The van der Waals surface area contributed by atoms with E-state index in [1.165, 1.54) is 31.2 Å². The summed E-state index contributed by atoms with van der Waals surface area (Å²) >= 11 is 0. The predicted octanol–water partition coefficient (Wildman–Crippen LogP) is -1.51. The highest BCUT2D eigenvalue weighted by Gasteiger charge is 2.31. The minimum atomic E-state index is -1.37. The van der Waals surface area contributed by atoms with Gasteiger partial charge in [-0.1, -0.05) is 26.0 Å². The molecule has 10 N–H and O–H groups in total. The molecule has 0 saturated carbocycles. The van der Waals surface area contributed by atoms with Crippen LogP contribution in [0.2, 0.25) is 0 Å². The van der Waals surface area contributed by atoms with E-state index in [4.69, 9.17) is 11.5 Å². The van der Waals surface area contributed by atoms with Crippen molar-refractivity contribution >= 4 is 29.6 Å². The lowest BCUT2D eigenvalue weighted by atomic mass is 10.0. The molecule has 13 nitrogen and oxygen atoms in total. The smallest absolute Gasteiger partial charge is 0.326 e. The first-order valence-electron chi connectivity index (χ1n) is 11.8. The molecule has 0 bridgehead atoms. The van der Waals surface area contributed by atoms with Gasteiger partial charge in [0.2, 0.25) is 23.6 Å². The van der Waals surface area contributed by atoms with Gasteiger partial charge in [-0.15, -0.1) is 0 Å². The van der Waals surface area contributed by atoms with Crippen molar-refractivity contribution in [2.75, 3.05) is 0 Å². The van der Waals surface area contributed by atoms with Crippen LogP contribution in [0.15, 0.2) is 24.3 Å². The molecule has 4 amide bonds. The number of phenolic OH excluding ortho intramolecular Hbond substituents is 1. The molecule has 0 aliphatic heterocycles. The summed E-state index contributed by atoms with van der Waals surface area (Å²) in [6, 6.07) is 0.638. The van der Waals surface area contributed by atoms with Crippen LogP contribution in [-0.2, 0) is 30.4 Å². The van der Waals surface area contributed by atoms with Crippen LogP contribution in [0.5, 0.6) is 5.75 Å². The zero-order valence-electron chi connectivity index (χ0n) is 21.1. The van der Waals surface area contributed by atoms with Gasteiger partial charge in [0.15, 0.2) is 0 Å². The Morgan fingerprint density at radius 2 is 1.38 bits per heavy atom. The number of aromatic hydroxyl groups is 1. The normalized spacial score (nSPS) is 15.1. The van der Waals surface area contributed by atoms with Gasteiger partial charge in [-0.2, -0.15) is 0 Å². The molecule has 0 fully saturated rings. The third kappa shape index (κ3) is 11.3. The molecule has 5 unspecified atom stereocenters. The van der Waals surface area contributed by atoms with Crippen molar-refractivity contribution in [1.29, 1.82) is 0 Å². The van der Waals surface area contributed by atoms with E-state index in [9.17, 15) is 39.3 Å². The third-order valence-corrected chi connectivity index (χ3v) is 5.47. The molecule has 0 aromatic heterocycles. The summed E-state index contributed by atoms with van der Waals surface area (Å²) in [5.41, 5.74) is 11.4. The van der Waals surface area contributed by atoms with E-state index in [1.807, 2.05) is 0 Å². The Bertz CT molecular complexity index is 951. The minimum Gasteiger partial charge on any atom is -0.508 e. The molecule has 1 rings (SSSR count). The highest BCUT2D eigenvalue weighted by molar-refractivity contribution is 5.94. The van der Waals surface area contributed by atoms with Crippen molar-refractivity contribution in [2.45, 2.75) is 76.7 Å². The molecule has 5 atom stereocenters.